The highest BCUT2D eigenvalue weighted by atomic mass is 35.5. The Morgan fingerprint density at radius 3 is 2.74 bits per heavy atom. The average Bonchev–Trinajstić information content (AvgIpc) is 2.68. The van der Waals surface area contributed by atoms with Crippen molar-refractivity contribution in [3.63, 3.8) is 0 Å². The third kappa shape index (κ3) is 3.17. The van der Waals surface area contributed by atoms with Crippen molar-refractivity contribution < 1.29 is 4.74 Å². The van der Waals surface area contributed by atoms with Crippen molar-refractivity contribution in [2.45, 2.75) is 20.8 Å². The lowest BCUT2D eigenvalue weighted by molar-refractivity contribution is 0.262. The van der Waals surface area contributed by atoms with Crippen molar-refractivity contribution in [1.82, 2.24) is 14.8 Å². The smallest absolute Gasteiger partial charge is 0.239 e. The van der Waals surface area contributed by atoms with E-state index in [0.29, 0.717) is 34.9 Å². The quantitative estimate of drug-likeness (QED) is 0.935. The normalized spacial score (nSPS) is 11.0. The Bertz CT molecular complexity index is 561. The van der Waals surface area contributed by atoms with Gasteiger partial charge in [0.2, 0.25) is 5.88 Å². The fourth-order valence-electron chi connectivity index (χ4n) is 1.49. The molecule has 19 heavy (non-hydrogen) atoms. The van der Waals surface area contributed by atoms with Crippen molar-refractivity contribution >= 4 is 17.3 Å². The first-order chi connectivity index (χ1) is 8.97. The minimum Gasteiger partial charge on any atom is -0.476 e. The van der Waals surface area contributed by atoms with Crippen molar-refractivity contribution in [1.29, 1.82) is 0 Å². The summed E-state index contributed by atoms with van der Waals surface area (Å²) in [6.45, 7) is 6.54. The molecule has 0 aromatic carbocycles. The molecule has 0 amide bonds. The summed E-state index contributed by atoms with van der Waals surface area (Å²) in [6, 6.07) is 3.53. The molecule has 0 aliphatic carbocycles. The number of rotatable bonds is 4. The SMILES string of the molecule is Cc1nn(-c2ccc(N)c(OCC(C)C)n2)cc1Cl. The zero-order chi connectivity index (χ0) is 14.0. The van der Waals surface area contributed by atoms with E-state index < -0.39 is 0 Å². The largest absolute Gasteiger partial charge is 0.476 e. The number of anilines is 1. The van der Waals surface area contributed by atoms with Crippen molar-refractivity contribution in [3.8, 4) is 11.7 Å². The van der Waals surface area contributed by atoms with E-state index in [0.717, 1.165) is 5.69 Å². The highest BCUT2D eigenvalue weighted by molar-refractivity contribution is 6.31. The van der Waals surface area contributed by atoms with Crippen LogP contribution in [0.15, 0.2) is 18.3 Å². The number of hydrogen-bond acceptors (Lipinski definition) is 4. The lowest BCUT2D eigenvalue weighted by Gasteiger charge is -2.11. The maximum absolute atomic E-state index is 5.99. The first-order valence-electron chi connectivity index (χ1n) is 6.09. The van der Waals surface area contributed by atoms with Crippen LogP contribution in [0.5, 0.6) is 5.88 Å². The van der Waals surface area contributed by atoms with E-state index in [1.807, 2.05) is 6.92 Å². The van der Waals surface area contributed by atoms with Crippen LogP contribution in [0.4, 0.5) is 5.69 Å². The number of nitrogens with zero attached hydrogens (tertiary/aromatic N) is 3. The monoisotopic (exact) mass is 280 g/mol. The molecule has 0 saturated heterocycles. The number of halogens is 1. The van der Waals surface area contributed by atoms with E-state index in [1.165, 1.54) is 0 Å². The number of nitrogen functional groups attached to an aromatic ring is 1. The maximum Gasteiger partial charge on any atom is 0.239 e. The molecule has 2 N–H and O–H groups in total. The molecule has 0 atom stereocenters. The molecule has 5 nitrogen and oxygen atoms in total. The standard InChI is InChI=1S/C13H17ClN4O/c1-8(2)7-19-13-11(15)4-5-12(16-13)18-6-10(14)9(3)17-18/h4-6,8H,7,15H2,1-3H3. The summed E-state index contributed by atoms with van der Waals surface area (Å²) in [4.78, 5) is 4.36. The Labute approximate surface area is 117 Å². The van der Waals surface area contributed by atoms with Gasteiger partial charge in [0.1, 0.15) is 0 Å². The Hall–Kier alpha value is -1.75. The molecule has 2 aromatic heterocycles. The number of ether oxygens (including phenoxy) is 1. The Balaban J connectivity index is 2.29. The zero-order valence-corrected chi connectivity index (χ0v) is 12.0. The molecule has 0 bridgehead atoms. The molecule has 2 heterocycles. The van der Waals surface area contributed by atoms with Crippen LogP contribution in [0.25, 0.3) is 5.82 Å². The molecular weight excluding hydrogens is 264 g/mol. The molecule has 0 fully saturated rings. The maximum atomic E-state index is 5.99. The number of hydrogen-bond donors (Lipinski definition) is 1. The van der Waals surface area contributed by atoms with Crippen molar-refractivity contribution in [2.24, 2.45) is 5.92 Å². The van der Waals surface area contributed by atoms with Crippen molar-refractivity contribution in [3.05, 3.63) is 29.0 Å². The average molecular weight is 281 g/mol. The minimum atomic E-state index is 0.409. The first kappa shape index (κ1) is 13.7. The molecule has 6 heteroatoms. The zero-order valence-electron chi connectivity index (χ0n) is 11.2. The molecule has 2 aromatic rings. The van der Waals surface area contributed by atoms with Crippen LogP contribution in [0.3, 0.4) is 0 Å². The van der Waals surface area contributed by atoms with Gasteiger partial charge in [0.25, 0.3) is 0 Å². The molecule has 0 aliphatic rings. The summed E-state index contributed by atoms with van der Waals surface area (Å²) >= 11 is 5.99. The fraction of sp³-hybridized carbons (Fsp3) is 0.385. The Kier molecular flexibility index (Phi) is 3.95. The van der Waals surface area contributed by atoms with E-state index in [4.69, 9.17) is 22.1 Å². The van der Waals surface area contributed by atoms with Gasteiger partial charge in [0, 0.05) is 0 Å². The highest BCUT2D eigenvalue weighted by Gasteiger charge is 2.09. The van der Waals surface area contributed by atoms with Gasteiger partial charge in [-0.1, -0.05) is 25.4 Å². The van der Waals surface area contributed by atoms with Crippen LogP contribution in [0, 0.1) is 12.8 Å². The summed E-state index contributed by atoms with van der Waals surface area (Å²) < 4.78 is 7.20. The topological polar surface area (TPSA) is 66.0 Å². The van der Waals surface area contributed by atoms with Crippen LogP contribution < -0.4 is 10.5 Å². The minimum absolute atomic E-state index is 0.409. The number of aromatic nitrogens is 3. The van der Waals surface area contributed by atoms with Crippen LogP contribution in [-0.2, 0) is 0 Å². The van der Waals surface area contributed by atoms with E-state index in [1.54, 1.807) is 23.0 Å². The first-order valence-corrected chi connectivity index (χ1v) is 6.46. The van der Waals surface area contributed by atoms with E-state index in [-0.39, 0.29) is 0 Å². The molecule has 102 valence electrons. The Morgan fingerprint density at radius 1 is 1.42 bits per heavy atom. The van der Waals surface area contributed by atoms with E-state index in [2.05, 4.69) is 23.9 Å². The highest BCUT2D eigenvalue weighted by Crippen LogP contribution is 2.22. The van der Waals surface area contributed by atoms with Crippen LogP contribution in [-0.4, -0.2) is 21.4 Å². The Morgan fingerprint density at radius 2 is 2.16 bits per heavy atom. The van der Waals surface area contributed by atoms with Gasteiger partial charge in [-0.25, -0.2) is 4.68 Å². The molecule has 2 rings (SSSR count). The van der Waals surface area contributed by atoms with Gasteiger partial charge in [-0.2, -0.15) is 10.1 Å². The van der Waals surface area contributed by atoms with E-state index in [9.17, 15) is 0 Å². The van der Waals surface area contributed by atoms with Gasteiger partial charge in [-0.05, 0) is 25.0 Å². The van der Waals surface area contributed by atoms with Gasteiger partial charge in [0.15, 0.2) is 5.82 Å². The number of pyridine rings is 1. The summed E-state index contributed by atoms with van der Waals surface area (Å²) in [6.07, 6.45) is 1.71. The summed E-state index contributed by atoms with van der Waals surface area (Å²) in [5, 5.41) is 4.87. The lowest BCUT2D eigenvalue weighted by Crippen LogP contribution is -2.09. The second-order valence-corrected chi connectivity index (χ2v) is 5.18. The number of aryl methyl sites for hydroxylation is 1. The summed E-state index contributed by atoms with van der Waals surface area (Å²) in [5.74, 6) is 1.46. The molecule has 0 radical (unpaired) electrons. The summed E-state index contributed by atoms with van der Waals surface area (Å²) in [5.41, 5.74) is 7.11. The number of nitrogens with two attached hydrogens (primary N) is 1. The van der Waals surface area contributed by atoms with Gasteiger partial charge < -0.3 is 10.5 Å². The van der Waals surface area contributed by atoms with Crippen LogP contribution in [0.1, 0.15) is 19.5 Å². The summed E-state index contributed by atoms with van der Waals surface area (Å²) in [7, 11) is 0. The van der Waals surface area contributed by atoms with Gasteiger partial charge in [0.05, 0.1) is 29.2 Å². The third-order valence-corrected chi connectivity index (χ3v) is 2.87. The fourth-order valence-corrected chi connectivity index (χ4v) is 1.62. The predicted octanol–water partition coefficient (Wildman–Crippen LogP) is 2.85. The van der Waals surface area contributed by atoms with Gasteiger partial charge >= 0.3 is 0 Å². The second-order valence-electron chi connectivity index (χ2n) is 4.78. The lowest BCUT2D eigenvalue weighted by atomic mass is 10.2. The molecular formula is C13H17ClN4O. The third-order valence-electron chi connectivity index (χ3n) is 2.50. The predicted molar refractivity (Wildman–Crippen MR) is 75.9 cm³/mol. The van der Waals surface area contributed by atoms with Crippen LogP contribution in [0.2, 0.25) is 5.02 Å². The molecule has 0 unspecified atom stereocenters. The molecule has 0 saturated carbocycles. The van der Waals surface area contributed by atoms with Gasteiger partial charge in [-0.3, -0.25) is 0 Å². The second kappa shape index (κ2) is 5.48. The van der Waals surface area contributed by atoms with Crippen LogP contribution >= 0.6 is 11.6 Å². The molecule has 0 spiro atoms. The van der Waals surface area contributed by atoms with Crippen molar-refractivity contribution in [2.75, 3.05) is 12.3 Å². The molecule has 0 aliphatic heterocycles. The van der Waals surface area contributed by atoms with E-state index >= 15 is 0 Å². The van der Waals surface area contributed by atoms with Gasteiger partial charge in [-0.15, -0.1) is 0 Å².